The van der Waals surface area contributed by atoms with Crippen LogP contribution in [0.5, 0.6) is 0 Å². The number of nitrogens with two attached hydrogens (primary N) is 3. The van der Waals surface area contributed by atoms with Gasteiger partial charge in [-0.3, -0.25) is 14.5 Å². The van der Waals surface area contributed by atoms with Gasteiger partial charge in [0.15, 0.2) is 10.8 Å². The van der Waals surface area contributed by atoms with E-state index in [1.807, 2.05) is 0 Å². The van der Waals surface area contributed by atoms with Crippen molar-refractivity contribution in [3.8, 4) is 0 Å². The summed E-state index contributed by atoms with van der Waals surface area (Å²) < 4.78 is 1.59. The van der Waals surface area contributed by atoms with Gasteiger partial charge in [-0.15, -0.1) is 23.1 Å². The lowest BCUT2D eigenvalue weighted by molar-refractivity contribution is -0.698. The number of thioether (sulfide) groups is 2. The number of anilines is 3. The topological polar surface area (TPSA) is 256 Å². The van der Waals surface area contributed by atoms with Crippen LogP contribution in [-0.4, -0.2) is 78.5 Å². The average Bonchev–Trinajstić information content (AvgIpc) is 3.33. The highest BCUT2D eigenvalue weighted by molar-refractivity contribution is 8.01. The van der Waals surface area contributed by atoms with Gasteiger partial charge >= 0.3 is 11.1 Å². The Kier molecular flexibility index (Phi) is 8.35. The number of fused-ring (bicyclic) bond motifs is 1. The van der Waals surface area contributed by atoms with E-state index in [1.54, 1.807) is 11.6 Å². The number of hydrogen-bond donors (Lipinski definition) is 5. The number of nitrogens with one attached hydrogen (secondary N) is 1. The Morgan fingerprint density at radius 2 is 2.10 bits per heavy atom. The van der Waals surface area contributed by atoms with Crippen LogP contribution < -0.4 is 32.2 Å². The molecule has 2 amide bonds. The first kappa shape index (κ1) is 28.9. The lowest BCUT2D eigenvalue weighted by atomic mass is 10.0. The van der Waals surface area contributed by atoms with Gasteiger partial charge in [-0.25, -0.2) is 14.3 Å². The third-order valence-corrected chi connectivity index (χ3v) is 8.86. The van der Waals surface area contributed by atoms with Crippen molar-refractivity contribution in [2.24, 2.45) is 12.2 Å². The predicted molar refractivity (Wildman–Crippen MR) is 143 cm³/mol. The van der Waals surface area contributed by atoms with Gasteiger partial charge in [0.05, 0.1) is 24.8 Å². The second kappa shape index (κ2) is 11.6. The molecular formula is C21H23N9O7S3. The average molecular weight is 610 g/mol. The molecule has 3 atom stereocenters. The third kappa shape index (κ3) is 5.75. The molecule has 1 saturated heterocycles. The molecule has 4 heterocycles. The molecule has 0 radical (unpaired) electrons. The van der Waals surface area contributed by atoms with Gasteiger partial charge in [-0.2, -0.15) is 0 Å². The van der Waals surface area contributed by atoms with E-state index in [-0.39, 0.29) is 33.8 Å². The van der Waals surface area contributed by atoms with Gasteiger partial charge in [0.2, 0.25) is 17.7 Å². The van der Waals surface area contributed by atoms with Crippen molar-refractivity contribution in [3.05, 3.63) is 28.4 Å². The molecule has 0 spiro atoms. The molecule has 0 bridgehead atoms. The van der Waals surface area contributed by atoms with Crippen LogP contribution in [0.15, 0.2) is 33.0 Å². The minimum atomic E-state index is -1.54. The number of amides is 2. The zero-order valence-corrected chi connectivity index (χ0v) is 23.3. The first-order chi connectivity index (χ1) is 18.9. The number of aliphatic carboxylic acids is 2. The Morgan fingerprint density at radius 1 is 1.38 bits per heavy atom. The number of aromatic nitrogens is 3. The number of carbonyl (C=O) groups excluding carboxylic acids is 3. The number of nitrogens with zero attached hydrogens (tertiary/aromatic N) is 5. The summed E-state index contributed by atoms with van der Waals surface area (Å²) in [5.41, 5.74) is 17.1. The summed E-state index contributed by atoms with van der Waals surface area (Å²) in [6.07, 6.45) is -1.37. The first-order valence-electron chi connectivity index (χ1n) is 11.3. The Balaban J connectivity index is 1.52. The zero-order valence-electron chi connectivity index (χ0n) is 20.9. The van der Waals surface area contributed by atoms with Crippen molar-refractivity contribution in [2.45, 2.75) is 29.6 Å². The highest BCUT2D eigenvalue weighted by atomic mass is 32.2. The lowest BCUT2D eigenvalue weighted by Gasteiger charge is -2.50. The van der Waals surface area contributed by atoms with Gasteiger partial charge in [-0.05, 0) is 24.3 Å². The summed E-state index contributed by atoms with van der Waals surface area (Å²) in [4.78, 5) is 63.5. The maximum Gasteiger partial charge on any atom is 0.347 e. The lowest BCUT2D eigenvalue weighted by Crippen LogP contribution is -2.71. The van der Waals surface area contributed by atoms with Crippen molar-refractivity contribution in [2.75, 3.05) is 28.7 Å². The monoisotopic (exact) mass is 609 g/mol. The summed E-state index contributed by atoms with van der Waals surface area (Å²) in [5, 5.41) is 28.5. The maximum atomic E-state index is 13.1. The van der Waals surface area contributed by atoms with Crippen LogP contribution >= 0.6 is 34.9 Å². The van der Waals surface area contributed by atoms with E-state index in [1.165, 1.54) is 41.9 Å². The number of oxime groups is 1. The zero-order chi connectivity index (χ0) is 29.3. The van der Waals surface area contributed by atoms with E-state index in [0.717, 1.165) is 16.2 Å². The minimum absolute atomic E-state index is 0.0103. The Labute approximate surface area is 238 Å². The Morgan fingerprint density at radius 3 is 2.73 bits per heavy atom. The molecule has 2 unspecified atom stereocenters. The van der Waals surface area contributed by atoms with Gasteiger partial charge in [0, 0.05) is 16.9 Å². The van der Waals surface area contributed by atoms with Crippen LogP contribution in [0, 0.1) is 0 Å². The molecule has 4 rings (SSSR count). The molecule has 8 N–H and O–H groups in total. The van der Waals surface area contributed by atoms with E-state index in [9.17, 15) is 24.3 Å². The van der Waals surface area contributed by atoms with Crippen LogP contribution in [-0.2, 0) is 31.1 Å². The highest BCUT2D eigenvalue weighted by Gasteiger charge is 2.53. The smallest absolute Gasteiger partial charge is 0.347 e. The van der Waals surface area contributed by atoms with Crippen molar-refractivity contribution in [3.63, 3.8) is 0 Å². The molecule has 19 heteroatoms. The Hall–Kier alpha value is -4.10. The van der Waals surface area contributed by atoms with Crippen molar-refractivity contribution < 1.29 is 38.8 Å². The molecule has 1 fully saturated rings. The SMILES string of the molecule is C[C@@H](O/N=C(\C(=O)NC1C(=O)N2C(C(=O)[O-])=C(CSc3nc(N)cc(N)[n+]3C)CSC12)c1csc(N)n1)C(=O)O. The fourth-order valence-electron chi connectivity index (χ4n) is 3.63. The molecule has 2 aromatic rings. The summed E-state index contributed by atoms with van der Waals surface area (Å²) in [7, 11) is 1.68. The molecule has 40 heavy (non-hydrogen) atoms. The predicted octanol–water partition coefficient (Wildman–Crippen LogP) is -2.50. The number of nitrogen functional groups attached to an aromatic ring is 3. The number of carboxylic acid groups (broad SMARTS) is 2. The van der Waals surface area contributed by atoms with Crippen LogP contribution in [0.2, 0.25) is 0 Å². The van der Waals surface area contributed by atoms with E-state index in [0.29, 0.717) is 16.5 Å². The van der Waals surface area contributed by atoms with Crippen LogP contribution in [0.1, 0.15) is 12.6 Å². The maximum absolute atomic E-state index is 13.1. The normalized spacial score (nSPS) is 19.5. The minimum Gasteiger partial charge on any atom is -0.543 e. The second-order valence-corrected chi connectivity index (χ2v) is 11.4. The summed E-state index contributed by atoms with van der Waals surface area (Å²) in [6.45, 7) is 1.21. The van der Waals surface area contributed by atoms with E-state index >= 15 is 0 Å². The van der Waals surface area contributed by atoms with Crippen molar-refractivity contribution >= 4 is 81.1 Å². The number of thiazole rings is 1. The summed E-state index contributed by atoms with van der Waals surface area (Å²) in [6, 6.07) is 0.384. The van der Waals surface area contributed by atoms with Crippen LogP contribution in [0.4, 0.5) is 16.8 Å². The molecule has 2 aliphatic rings. The van der Waals surface area contributed by atoms with Gasteiger partial charge in [-0.1, -0.05) is 10.1 Å². The molecule has 0 saturated carbocycles. The van der Waals surface area contributed by atoms with Crippen LogP contribution in [0.25, 0.3) is 0 Å². The number of β-lactam (4-membered cyclic amide) rings is 1. The molecule has 16 nitrogen and oxygen atoms in total. The molecule has 0 aromatic carbocycles. The van der Waals surface area contributed by atoms with Gasteiger partial charge < -0.3 is 42.4 Å². The molecule has 2 aliphatic heterocycles. The van der Waals surface area contributed by atoms with E-state index in [2.05, 4.69) is 20.4 Å². The first-order valence-corrected chi connectivity index (χ1v) is 14.2. The molecular weight excluding hydrogens is 586 g/mol. The number of rotatable bonds is 10. The summed E-state index contributed by atoms with van der Waals surface area (Å²) >= 11 is 3.45. The standard InChI is InChI=1S/C21H23N9O7S3/c1-7(18(33)34)37-28-12(9-6-39-20(24)25-9)15(31)27-13-16(32)30-14(19(35)36)8(4-38-17(13)30)5-40-21-26-10(22)3-11(23)29(21)2/h3,6-7,13,17H,4-5H2,1-2H3,(H8,22,23,24,25,27,31,33,34,35,36)/b28-12-/t7-,13?,17?/m1/s1. The van der Waals surface area contributed by atoms with E-state index in [4.69, 9.17) is 27.1 Å². The Bertz CT molecular complexity index is 1460. The van der Waals surface area contributed by atoms with E-state index < -0.39 is 47.0 Å². The fourth-order valence-corrected chi connectivity index (χ4v) is 6.66. The summed E-state index contributed by atoms with van der Waals surface area (Å²) in [5.74, 6) is -3.47. The highest BCUT2D eigenvalue weighted by Crippen LogP contribution is 2.41. The van der Waals surface area contributed by atoms with Gasteiger partial charge in [0.25, 0.3) is 11.8 Å². The third-order valence-electron chi connectivity index (χ3n) is 5.73. The second-order valence-electron chi connectivity index (χ2n) is 8.43. The molecule has 212 valence electrons. The van der Waals surface area contributed by atoms with Gasteiger partial charge in [0.1, 0.15) is 17.1 Å². The number of carbonyl (C=O) groups is 4. The van der Waals surface area contributed by atoms with Crippen LogP contribution in [0.3, 0.4) is 0 Å². The van der Waals surface area contributed by atoms with Crippen molar-refractivity contribution in [1.29, 1.82) is 0 Å². The number of carboxylic acids is 2. The molecule has 0 aliphatic carbocycles. The largest absolute Gasteiger partial charge is 0.543 e. The number of hydrogen-bond acceptors (Lipinski definition) is 15. The molecule has 2 aromatic heterocycles. The van der Waals surface area contributed by atoms with Crippen molar-refractivity contribution in [1.82, 2.24) is 20.2 Å². The fraction of sp³-hybridized carbons (Fsp3) is 0.333. The quantitative estimate of drug-likeness (QED) is 0.0466.